The Balaban J connectivity index is 1.65. The van der Waals surface area contributed by atoms with Gasteiger partial charge < -0.3 is 24.4 Å². The molecule has 0 aliphatic rings. The maximum absolute atomic E-state index is 12.6. The number of anilines is 1. The monoisotopic (exact) mass is 422 g/mol. The molecule has 31 heavy (non-hydrogen) atoms. The second-order valence-corrected chi connectivity index (χ2v) is 7.42. The van der Waals surface area contributed by atoms with Crippen LogP contribution in [0, 0.1) is 0 Å². The molecule has 1 heterocycles. The fourth-order valence-corrected chi connectivity index (χ4v) is 3.53. The van der Waals surface area contributed by atoms with Crippen molar-refractivity contribution in [3.8, 4) is 5.75 Å². The predicted molar refractivity (Wildman–Crippen MR) is 123 cm³/mol. The molecule has 0 saturated heterocycles. The zero-order chi connectivity index (χ0) is 22.4. The number of benzene rings is 2. The number of ether oxygens (including phenoxy) is 1. The highest BCUT2D eigenvalue weighted by Gasteiger charge is 2.13. The molecule has 7 heteroatoms. The van der Waals surface area contributed by atoms with E-state index in [1.54, 1.807) is 19.1 Å². The van der Waals surface area contributed by atoms with E-state index >= 15 is 0 Å². The molecule has 1 N–H and O–H groups in total. The number of carbonyl (C=O) groups excluding carboxylic acids is 2. The highest BCUT2D eigenvalue weighted by Crippen LogP contribution is 2.21. The van der Waals surface area contributed by atoms with Crippen LogP contribution in [-0.4, -0.2) is 53.6 Å². The fraction of sp³-hybridized carbons (Fsp3) is 0.333. The van der Waals surface area contributed by atoms with Gasteiger partial charge in [0.05, 0.1) is 7.11 Å². The number of rotatable bonds is 8. The van der Waals surface area contributed by atoms with Gasteiger partial charge in [-0.15, -0.1) is 0 Å². The number of amides is 3. The minimum Gasteiger partial charge on any atom is -0.497 e. The number of likely N-dealkylation sites (N-methyl/N-ethyl adjacent to an activating group) is 1. The van der Waals surface area contributed by atoms with Crippen molar-refractivity contribution in [1.29, 1.82) is 0 Å². The zero-order valence-corrected chi connectivity index (χ0v) is 18.6. The quantitative estimate of drug-likeness (QED) is 0.592. The maximum atomic E-state index is 12.6. The fourth-order valence-electron chi connectivity index (χ4n) is 3.53. The summed E-state index contributed by atoms with van der Waals surface area (Å²) in [5, 5.41) is 3.92. The molecule has 3 aromatic rings. The van der Waals surface area contributed by atoms with Crippen LogP contribution in [0.25, 0.3) is 10.9 Å². The first kappa shape index (κ1) is 22.2. The standard InChI is InChI=1S/C24H30N4O3/c1-5-27(6-2)23(29)17-28-14-13-19-15-20(9-12-22(19)28)25-24(30)26(3)16-18-7-10-21(31-4)11-8-18/h7-15H,5-6,16-17H2,1-4H3,(H,25,30). The molecular weight excluding hydrogens is 392 g/mol. The minimum atomic E-state index is -0.189. The van der Waals surface area contributed by atoms with Gasteiger partial charge in [-0.3, -0.25) is 4.79 Å². The van der Waals surface area contributed by atoms with Crippen LogP contribution in [0.5, 0.6) is 5.75 Å². The first-order chi connectivity index (χ1) is 14.9. The van der Waals surface area contributed by atoms with E-state index in [4.69, 9.17) is 4.74 Å². The number of methoxy groups -OCH3 is 1. The maximum Gasteiger partial charge on any atom is 0.321 e. The molecule has 0 fully saturated rings. The lowest BCUT2D eigenvalue weighted by Gasteiger charge is -2.19. The molecule has 0 spiro atoms. The average molecular weight is 423 g/mol. The van der Waals surface area contributed by atoms with Crippen LogP contribution in [0.15, 0.2) is 54.7 Å². The van der Waals surface area contributed by atoms with Gasteiger partial charge in [0.25, 0.3) is 0 Å². The Labute approximate surface area is 183 Å². The summed E-state index contributed by atoms with van der Waals surface area (Å²) in [7, 11) is 3.38. The second-order valence-electron chi connectivity index (χ2n) is 7.42. The topological polar surface area (TPSA) is 66.8 Å². The summed E-state index contributed by atoms with van der Waals surface area (Å²) >= 11 is 0. The number of aromatic nitrogens is 1. The Bertz CT molecular complexity index is 1040. The lowest BCUT2D eigenvalue weighted by Crippen LogP contribution is -2.33. The van der Waals surface area contributed by atoms with Gasteiger partial charge >= 0.3 is 6.03 Å². The second kappa shape index (κ2) is 10.0. The van der Waals surface area contributed by atoms with Crippen LogP contribution in [0.1, 0.15) is 19.4 Å². The van der Waals surface area contributed by atoms with Crippen molar-refractivity contribution in [2.45, 2.75) is 26.9 Å². The van der Waals surface area contributed by atoms with Crippen LogP contribution >= 0.6 is 0 Å². The third kappa shape index (κ3) is 5.36. The molecule has 0 unspecified atom stereocenters. The van der Waals surface area contributed by atoms with Crippen LogP contribution < -0.4 is 10.1 Å². The van der Waals surface area contributed by atoms with E-state index in [0.717, 1.165) is 22.2 Å². The molecule has 0 aliphatic heterocycles. The molecule has 3 rings (SSSR count). The molecule has 0 bridgehead atoms. The predicted octanol–water partition coefficient (Wildman–Crippen LogP) is 4.18. The summed E-state index contributed by atoms with van der Waals surface area (Å²) in [5.74, 6) is 0.884. The van der Waals surface area contributed by atoms with Crippen LogP contribution in [0.4, 0.5) is 10.5 Å². The third-order valence-electron chi connectivity index (χ3n) is 5.37. The highest BCUT2D eigenvalue weighted by molar-refractivity contribution is 5.93. The molecule has 0 saturated carbocycles. The smallest absolute Gasteiger partial charge is 0.321 e. The summed E-state index contributed by atoms with van der Waals surface area (Å²) in [4.78, 5) is 28.5. The molecule has 0 aliphatic carbocycles. The number of nitrogens with zero attached hydrogens (tertiary/aromatic N) is 3. The Morgan fingerprint density at radius 2 is 1.74 bits per heavy atom. The van der Waals surface area contributed by atoms with E-state index in [2.05, 4.69) is 5.32 Å². The largest absolute Gasteiger partial charge is 0.497 e. The van der Waals surface area contributed by atoms with Crippen molar-refractivity contribution in [1.82, 2.24) is 14.4 Å². The summed E-state index contributed by atoms with van der Waals surface area (Å²) in [6, 6.07) is 15.1. The highest BCUT2D eigenvalue weighted by atomic mass is 16.5. The van der Waals surface area contributed by atoms with Gasteiger partial charge in [0.2, 0.25) is 5.91 Å². The van der Waals surface area contributed by atoms with Crippen LogP contribution in [0.2, 0.25) is 0 Å². The summed E-state index contributed by atoms with van der Waals surface area (Å²) < 4.78 is 7.11. The van der Waals surface area contributed by atoms with Gasteiger partial charge in [0.15, 0.2) is 0 Å². The first-order valence-corrected chi connectivity index (χ1v) is 10.5. The number of fused-ring (bicyclic) bond motifs is 1. The van der Waals surface area contributed by atoms with Crippen molar-refractivity contribution in [2.75, 3.05) is 32.6 Å². The molecule has 164 valence electrons. The van der Waals surface area contributed by atoms with E-state index in [-0.39, 0.29) is 11.9 Å². The van der Waals surface area contributed by atoms with E-state index in [1.165, 1.54) is 0 Å². The van der Waals surface area contributed by atoms with Gasteiger partial charge in [-0.05, 0) is 55.8 Å². The lowest BCUT2D eigenvalue weighted by atomic mass is 10.2. The molecule has 3 amide bonds. The molecule has 7 nitrogen and oxygen atoms in total. The number of urea groups is 1. The normalized spacial score (nSPS) is 10.7. The lowest BCUT2D eigenvalue weighted by molar-refractivity contribution is -0.131. The first-order valence-electron chi connectivity index (χ1n) is 10.5. The van der Waals surface area contributed by atoms with Gasteiger partial charge in [0, 0.05) is 49.5 Å². The number of nitrogens with one attached hydrogen (secondary N) is 1. The molecule has 2 aromatic carbocycles. The molecule has 0 atom stereocenters. The summed E-state index contributed by atoms with van der Waals surface area (Å²) in [6.07, 6.45) is 1.91. The molecule has 1 aromatic heterocycles. The number of hydrogen-bond donors (Lipinski definition) is 1. The number of carbonyl (C=O) groups is 2. The Kier molecular flexibility index (Phi) is 7.18. The minimum absolute atomic E-state index is 0.0973. The van der Waals surface area contributed by atoms with Crippen molar-refractivity contribution in [3.05, 3.63) is 60.3 Å². The zero-order valence-electron chi connectivity index (χ0n) is 18.6. The van der Waals surface area contributed by atoms with E-state index in [1.807, 2.05) is 78.0 Å². The van der Waals surface area contributed by atoms with Gasteiger partial charge in [-0.25, -0.2) is 4.79 Å². The van der Waals surface area contributed by atoms with Crippen LogP contribution in [-0.2, 0) is 17.9 Å². The van der Waals surface area contributed by atoms with Gasteiger partial charge in [-0.2, -0.15) is 0 Å². The number of hydrogen-bond acceptors (Lipinski definition) is 3. The van der Waals surface area contributed by atoms with Crippen molar-refractivity contribution in [3.63, 3.8) is 0 Å². The van der Waals surface area contributed by atoms with Crippen molar-refractivity contribution < 1.29 is 14.3 Å². The van der Waals surface area contributed by atoms with Gasteiger partial charge in [-0.1, -0.05) is 12.1 Å². The molecule has 0 radical (unpaired) electrons. The third-order valence-corrected chi connectivity index (χ3v) is 5.37. The average Bonchev–Trinajstić information content (AvgIpc) is 3.17. The SMILES string of the molecule is CCN(CC)C(=O)Cn1ccc2cc(NC(=O)N(C)Cc3ccc(OC)cc3)ccc21. The van der Waals surface area contributed by atoms with E-state index < -0.39 is 0 Å². The van der Waals surface area contributed by atoms with Crippen molar-refractivity contribution >= 4 is 28.5 Å². The van der Waals surface area contributed by atoms with E-state index in [0.29, 0.717) is 31.9 Å². The van der Waals surface area contributed by atoms with Crippen molar-refractivity contribution in [2.24, 2.45) is 0 Å². The van der Waals surface area contributed by atoms with E-state index in [9.17, 15) is 9.59 Å². The molecular formula is C24H30N4O3. The summed E-state index contributed by atoms with van der Waals surface area (Å²) in [6.45, 7) is 6.17. The Morgan fingerprint density at radius 1 is 1.03 bits per heavy atom. The summed E-state index contributed by atoms with van der Waals surface area (Å²) in [5.41, 5.74) is 2.70. The Morgan fingerprint density at radius 3 is 2.39 bits per heavy atom. The van der Waals surface area contributed by atoms with Crippen LogP contribution in [0.3, 0.4) is 0 Å². The van der Waals surface area contributed by atoms with Gasteiger partial charge in [0.1, 0.15) is 12.3 Å². The Hall–Kier alpha value is -3.48.